The van der Waals surface area contributed by atoms with E-state index in [1.807, 2.05) is 6.92 Å². The molecule has 0 aliphatic heterocycles. The number of hydrogen-bond acceptors (Lipinski definition) is 2. The molecule has 1 heterocycles. The Balaban J connectivity index is 2.74. The topological polar surface area (TPSA) is 60.0 Å². The predicted molar refractivity (Wildman–Crippen MR) is 56.4 cm³/mol. The van der Waals surface area contributed by atoms with Gasteiger partial charge in [0.25, 0.3) is 5.91 Å². The van der Waals surface area contributed by atoms with Crippen LogP contribution < -0.4 is 11.1 Å². The van der Waals surface area contributed by atoms with Crippen LogP contribution in [0.2, 0.25) is 5.02 Å². The van der Waals surface area contributed by atoms with E-state index in [1.54, 1.807) is 23.9 Å². The van der Waals surface area contributed by atoms with Gasteiger partial charge in [-0.1, -0.05) is 11.6 Å². The van der Waals surface area contributed by atoms with Crippen molar-refractivity contribution in [2.45, 2.75) is 13.0 Å². The highest BCUT2D eigenvalue weighted by atomic mass is 35.5. The van der Waals surface area contributed by atoms with Crippen LogP contribution in [0, 0.1) is 0 Å². The number of carbonyl (C=O) groups excluding carboxylic acids is 1. The first-order valence-electron chi connectivity index (χ1n) is 4.37. The molecule has 0 aliphatic rings. The zero-order chi connectivity index (χ0) is 10.7. The quantitative estimate of drug-likeness (QED) is 0.782. The monoisotopic (exact) mass is 215 g/mol. The van der Waals surface area contributed by atoms with Gasteiger partial charge in [0, 0.05) is 25.8 Å². The standard InChI is InChI=1S/C9H14ClN3O/c1-6(4-11)12-9(14)8-3-7(10)5-13(8)2/h3,5-6H,4,11H2,1-2H3,(H,12,14)/t6-/m1/s1. The van der Waals surface area contributed by atoms with Crippen molar-refractivity contribution in [3.63, 3.8) is 0 Å². The highest BCUT2D eigenvalue weighted by Gasteiger charge is 2.12. The Kier molecular flexibility index (Phi) is 3.55. The predicted octanol–water partition coefficient (Wildman–Crippen LogP) is 0.755. The fourth-order valence-electron chi connectivity index (χ4n) is 1.11. The molecule has 0 saturated carbocycles. The summed E-state index contributed by atoms with van der Waals surface area (Å²) in [5.41, 5.74) is 5.93. The largest absolute Gasteiger partial charge is 0.347 e. The van der Waals surface area contributed by atoms with E-state index < -0.39 is 0 Å². The number of halogens is 1. The summed E-state index contributed by atoms with van der Waals surface area (Å²) in [6, 6.07) is 1.59. The molecule has 5 heteroatoms. The highest BCUT2D eigenvalue weighted by molar-refractivity contribution is 6.31. The van der Waals surface area contributed by atoms with Crippen molar-refractivity contribution in [2.75, 3.05) is 6.54 Å². The molecule has 0 aromatic carbocycles. The third kappa shape index (κ3) is 2.49. The van der Waals surface area contributed by atoms with Crippen molar-refractivity contribution in [2.24, 2.45) is 12.8 Å². The Bertz CT molecular complexity index is 335. The first kappa shape index (κ1) is 11.1. The average molecular weight is 216 g/mol. The van der Waals surface area contributed by atoms with Gasteiger partial charge in [-0.3, -0.25) is 4.79 Å². The van der Waals surface area contributed by atoms with Crippen LogP contribution >= 0.6 is 11.6 Å². The third-order valence-electron chi connectivity index (χ3n) is 1.94. The van der Waals surface area contributed by atoms with Crippen LogP contribution in [0.15, 0.2) is 12.3 Å². The van der Waals surface area contributed by atoms with Crippen LogP contribution in [0.1, 0.15) is 17.4 Å². The van der Waals surface area contributed by atoms with Gasteiger partial charge in [0.2, 0.25) is 0 Å². The molecule has 0 unspecified atom stereocenters. The molecule has 0 aliphatic carbocycles. The van der Waals surface area contributed by atoms with Gasteiger partial charge in [0.15, 0.2) is 0 Å². The van der Waals surface area contributed by atoms with Gasteiger partial charge in [-0.05, 0) is 13.0 Å². The maximum atomic E-state index is 11.6. The molecular weight excluding hydrogens is 202 g/mol. The molecule has 1 amide bonds. The van der Waals surface area contributed by atoms with E-state index >= 15 is 0 Å². The Morgan fingerprint density at radius 1 is 1.79 bits per heavy atom. The van der Waals surface area contributed by atoms with Crippen LogP contribution in [0.25, 0.3) is 0 Å². The minimum absolute atomic E-state index is 0.0313. The Morgan fingerprint density at radius 3 is 2.86 bits per heavy atom. The first-order valence-corrected chi connectivity index (χ1v) is 4.75. The number of aryl methyl sites for hydroxylation is 1. The van der Waals surface area contributed by atoms with Crippen molar-refractivity contribution in [3.05, 3.63) is 23.0 Å². The second-order valence-corrected chi connectivity index (χ2v) is 3.70. The van der Waals surface area contributed by atoms with Crippen molar-refractivity contribution >= 4 is 17.5 Å². The molecule has 1 aromatic rings. The van der Waals surface area contributed by atoms with Gasteiger partial charge in [0.1, 0.15) is 5.69 Å². The number of carbonyl (C=O) groups is 1. The van der Waals surface area contributed by atoms with Crippen LogP contribution in [0.4, 0.5) is 0 Å². The molecule has 1 rings (SSSR count). The van der Waals surface area contributed by atoms with Crippen LogP contribution in [-0.4, -0.2) is 23.1 Å². The summed E-state index contributed by atoms with van der Waals surface area (Å²) in [6.07, 6.45) is 1.68. The van der Waals surface area contributed by atoms with E-state index in [9.17, 15) is 4.79 Å². The average Bonchev–Trinajstić information content (AvgIpc) is 2.45. The number of nitrogens with zero attached hydrogens (tertiary/aromatic N) is 1. The van der Waals surface area contributed by atoms with Crippen molar-refractivity contribution in [1.29, 1.82) is 0 Å². The van der Waals surface area contributed by atoms with E-state index in [2.05, 4.69) is 5.32 Å². The molecule has 1 atom stereocenters. The molecule has 0 fully saturated rings. The SMILES string of the molecule is C[C@H](CN)NC(=O)c1cc(Cl)cn1C. The maximum absolute atomic E-state index is 11.6. The number of aromatic nitrogens is 1. The molecule has 14 heavy (non-hydrogen) atoms. The summed E-state index contributed by atoms with van der Waals surface area (Å²) in [4.78, 5) is 11.6. The molecule has 4 nitrogen and oxygen atoms in total. The molecule has 0 radical (unpaired) electrons. The van der Waals surface area contributed by atoms with E-state index in [0.29, 0.717) is 17.3 Å². The summed E-state index contributed by atoms with van der Waals surface area (Å²) >= 11 is 5.75. The Morgan fingerprint density at radius 2 is 2.43 bits per heavy atom. The molecule has 1 aromatic heterocycles. The molecule has 0 bridgehead atoms. The fourth-order valence-corrected chi connectivity index (χ4v) is 1.36. The Hall–Kier alpha value is -1.00. The van der Waals surface area contributed by atoms with Gasteiger partial charge < -0.3 is 15.6 Å². The molecular formula is C9H14ClN3O. The zero-order valence-electron chi connectivity index (χ0n) is 8.25. The number of nitrogens with one attached hydrogen (secondary N) is 1. The van der Waals surface area contributed by atoms with Gasteiger partial charge in [-0.15, -0.1) is 0 Å². The highest BCUT2D eigenvalue weighted by Crippen LogP contribution is 2.12. The first-order chi connectivity index (χ1) is 6.54. The lowest BCUT2D eigenvalue weighted by Crippen LogP contribution is -2.38. The maximum Gasteiger partial charge on any atom is 0.268 e. The number of nitrogens with two attached hydrogens (primary N) is 1. The van der Waals surface area contributed by atoms with E-state index in [1.165, 1.54) is 0 Å². The van der Waals surface area contributed by atoms with Gasteiger partial charge in [-0.2, -0.15) is 0 Å². The van der Waals surface area contributed by atoms with E-state index in [4.69, 9.17) is 17.3 Å². The summed E-state index contributed by atoms with van der Waals surface area (Å²) in [6.45, 7) is 2.27. The van der Waals surface area contributed by atoms with Gasteiger partial charge in [-0.25, -0.2) is 0 Å². The normalized spacial score (nSPS) is 12.6. The van der Waals surface area contributed by atoms with Crippen molar-refractivity contribution in [3.8, 4) is 0 Å². The summed E-state index contributed by atoms with van der Waals surface area (Å²) in [5, 5.41) is 3.31. The van der Waals surface area contributed by atoms with Crippen molar-refractivity contribution in [1.82, 2.24) is 9.88 Å². The van der Waals surface area contributed by atoms with Gasteiger partial charge in [0.05, 0.1) is 5.02 Å². The third-order valence-corrected chi connectivity index (χ3v) is 2.14. The lowest BCUT2D eigenvalue weighted by atomic mass is 10.3. The Labute approximate surface area is 88.0 Å². The van der Waals surface area contributed by atoms with Crippen molar-refractivity contribution < 1.29 is 4.79 Å². The van der Waals surface area contributed by atoms with Crippen LogP contribution in [0.3, 0.4) is 0 Å². The van der Waals surface area contributed by atoms with Crippen LogP contribution in [0.5, 0.6) is 0 Å². The lowest BCUT2D eigenvalue weighted by molar-refractivity contribution is 0.0933. The van der Waals surface area contributed by atoms with E-state index in [-0.39, 0.29) is 11.9 Å². The molecule has 0 saturated heterocycles. The molecule has 0 spiro atoms. The van der Waals surface area contributed by atoms with Crippen LogP contribution in [-0.2, 0) is 7.05 Å². The summed E-state index contributed by atoms with van der Waals surface area (Å²) < 4.78 is 1.68. The summed E-state index contributed by atoms with van der Waals surface area (Å²) in [7, 11) is 1.77. The minimum Gasteiger partial charge on any atom is -0.347 e. The number of rotatable bonds is 3. The minimum atomic E-state index is -0.155. The zero-order valence-corrected chi connectivity index (χ0v) is 9.01. The smallest absolute Gasteiger partial charge is 0.268 e. The summed E-state index contributed by atoms with van der Waals surface area (Å²) in [5.74, 6) is -0.155. The second-order valence-electron chi connectivity index (χ2n) is 3.26. The molecule has 3 N–H and O–H groups in total. The van der Waals surface area contributed by atoms with Gasteiger partial charge >= 0.3 is 0 Å². The second kappa shape index (κ2) is 4.48. The number of hydrogen-bond donors (Lipinski definition) is 2. The number of amides is 1. The fraction of sp³-hybridized carbons (Fsp3) is 0.444. The van der Waals surface area contributed by atoms with E-state index in [0.717, 1.165) is 0 Å². The lowest BCUT2D eigenvalue weighted by Gasteiger charge is -2.11. The molecule has 78 valence electrons.